The van der Waals surface area contributed by atoms with Gasteiger partial charge in [0.2, 0.25) is 0 Å². The summed E-state index contributed by atoms with van der Waals surface area (Å²) in [7, 11) is 0. The van der Waals surface area contributed by atoms with Gasteiger partial charge in [-0.3, -0.25) is 10.3 Å². The van der Waals surface area contributed by atoms with Crippen LogP contribution in [-0.4, -0.2) is 27.7 Å². The van der Waals surface area contributed by atoms with Crippen molar-refractivity contribution in [3.8, 4) is 23.5 Å². The Bertz CT molecular complexity index is 1370. The van der Waals surface area contributed by atoms with E-state index < -0.39 is 12.1 Å². The number of thiazole rings is 1. The van der Waals surface area contributed by atoms with Gasteiger partial charge in [-0.15, -0.1) is 17.8 Å². The van der Waals surface area contributed by atoms with Crippen LogP contribution in [0.5, 0.6) is 0 Å². The Morgan fingerprint density at radius 1 is 1.25 bits per heavy atom. The number of hydrogen-bond donors (Lipinski definition) is 3. The van der Waals surface area contributed by atoms with Gasteiger partial charge >= 0.3 is 6.03 Å². The third kappa shape index (κ3) is 4.28. The van der Waals surface area contributed by atoms with Crippen molar-refractivity contribution in [1.82, 2.24) is 15.3 Å². The number of amides is 2. The Balaban J connectivity index is 1.56. The van der Waals surface area contributed by atoms with Gasteiger partial charge in [0.1, 0.15) is 5.82 Å². The molecule has 0 aliphatic rings. The zero-order valence-corrected chi connectivity index (χ0v) is 17.6. The number of aromatic nitrogens is 2. The summed E-state index contributed by atoms with van der Waals surface area (Å²) < 4.78 is 0. The lowest BCUT2D eigenvalue weighted by Crippen LogP contribution is -2.34. The first-order valence-electron chi connectivity index (χ1n) is 9.59. The lowest BCUT2D eigenvalue weighted by Gasteiger charge is -2.17. The largest absolute Gasteiger partial charge is 0.394 e. The molecule has 0 fully saturated rings. The highest BCUT2D eigenvalue weighted by molar-refractivity contribution is 7.10. The monoisotopic (exact) mass is 439 g/mol. The summed E-state index contributed by atoms with van der Waals surface area (Å²) in [5, 5.41) is 18.2. The number of rotatable bonds is 5. The third-order valence-electron chi connectivity index (χ3n) is 4.83. The van der Waals surface area contributed by atoms with Gasteiger partial charge in [0.15, 0.2) is 10.7 Å². The minimum absolute atomic E-state index is 0.289. The van der Waals surface area contributed by atoms with Crippen molar-refractivity contribution >= 4 is 39.8 Å². The van der Waals surface area contributed by atoms with Crippen LogP contribution in [0.15, 0.2) is 60.1 Å². The van der Waals surface area contributed by atoms with Crippen LogP contribution in [0.3, 0.4) is 0 Å². The van der Waals surface area contributed by atoms with Crippen molar-refractivity contribution in [2.45, 2.75) is 6.04 Å². The lowest BCUT2D eigenvalue weighted by atomic mass is 9.97. The summed E-state index contributed by atoms with van der Waals surface area (Å²) in [4.78, 5) is 24.5. The van der Waals surface area contributed by atoms with Crippen molar-refractivity contribution in [2.24, 2.45) is 0 Å². The van der Waals surface area contributed by atoms with Gasteiger partial charge in [0, 0.05) is 17.1 Å². The second-order valence-corrected chi connectivity index (χ2v) is 7.64. The van der Waals surface area contributed by atoms with Gasteiger partial charge in [0.25, 0.3) is 0 Å². The fourth-order valence-electron chi connectivity index (χ4n) is 3.34. The van der Waals surface area contributed by atoms with E-state index in [2.05, 4.69) is 31.4 Å². The normalized spacial score (nSPS) is 11.3. The molecule has 2 aromatic carbocycles. The van der Waals surface area contributed by atoms with Crippen LogP contribution < -0.4 is 10.6 Å². The molecule has 8 heteroatoms. The molecule has 32 heavy (non-hydrogen) atoms. The van der Waals surface area contributed by atoms with E-state index in [9.17, 15) is 9.90 Å². The maximum atomic E-state index is 12.3. The standard InChI is InChI=1S/C24H17N5O2S/c1-3-21-28-20(14-32-21)29-24(31)27-19(13-30)15-6-8-16(9-7-15)22-18(25-2)11-10-17-5-4-12-26-23(17)22/h1,4-12,14,19,30H,13H2,(H2,27,29,31)/t19-/m0/s1. The Morgan fingerprint density at radius 2 is 2.06 bits per heavy atom. The van der Waals surface area contributed by atoms with Crippen LogP contribution in [0.4, 0.5) is 16.3 Å². The zero-order chi connectivity index (χ0) is 22.5. The number of anilines is 1. The molecule has 0 radical (unpaired) electrons. The molecular weight excluding hydrogens is 422 g/mol. The number of benzene rings is 2. The minimum atomic E-state index is -0.624. The van der Waals surface area contributed by atoms with Crippen LogP contribution in [-0.2, 0) is 0 Å². The number of aliphatic hydroxyl groups excluding tert-OH is 1. The Kier molecular flexibility index (Phi) is 6.09. The summed E-state index contributed by atoms with van der Waals surface area (Å²) in [6, 6.07) is 13.7. The van der Waals surface area contributed by atoms with E-state index in [1.54, 1.807) is 17.6 Å². The van der Waals surface area contributed by atoms with Gasteiger partial charge in [-0.2, -0.15) is 0 Å². The maximum Gasteiger partial charge on any atom is 0.320 e. The van der Waals surface area contributed by atoms with Crippen molar-refractivity contribution in [3.63, 3.8) is 0 Å². The van der Waals surface area contributed by atoms with Gasteiger partial charge in [-0.1, -0.05) is 42.5 Å². The number of aliphatic hydroxyl groups is 1. The van der Waals surface area contributed by atoms with E-state index >= 15 is 0 Å². The second kappa shape index (κ2) is 9.27. The smallest absolute Gasteiger partial charge is 0.320 e. The molecule has 1 atom stereocenters. The van der Waals surface area contributed by atoms with Gasteiger partial charge in [-0.25, -0.2) is 14.6 Å². The minimum Gasteiger partial charge on any atom is -0.394 e. The first-order valence-corrected chi connectivity index (χ1v) is 10.5. The number of nitrogens with one attached hydrogen (secondary N) is 2. The van der Waals surface area contributed by atoms with Crippen LogP contribution in [0, 0.1) is 18.9 Å². The van der Waals surface area contributed by atoms with Crippen LogP contribution in [0.1, 0.15) is 16.6 Å². The fourth-order valence-corrected chi connectivity index (χ4v) is 3.89. The number of terminal acetylenes is 1. The number of carbonyl (C=O) groups is 1. The summed E-state index contributed by atoms with van der Waals surface area (Å²) in [6.45, 7) is 7.24. The highest BCUT2D eigenvalue weighted by atomic mass is 32.1. The number of hydrogen-bond acceptors (Lipinski definition) is 5. The van der Waals surface area contributed by atoms with Crippen LogP contribution in [0.2, 0.25) is 0 Å². The van der Waals surface area contributed by atoms with Gasteiger partial charge < -0.3 is 10.4 Å². The highest BCUT2D eigenvalue weighted by Crippen LogP contribution is 2.36. The molecular formula is C24H17N5O2S. The van der Waals surface area contributed by atoms with Gasteiger partial charge in [-0.05, 0) is 28.5 Å². The summed E-state index contributed by atoms with van der Waals surface area (Å²) in [5.41, 5.74) is 3.55. The van der Waals surface area contributed by atoms with Crippen molar-refractivity contribution in [3.05, 3.63) is 82.1 Å². The molecule has 4 aromatic rings. The van der Waals surface area contributed by atoms with Crippen molar-refractivity contribution in [2.75, 3.05) is 11.9 Å². The van der Waals surface area contributed by atoms with E-state index in [1.807, 2.05) is 42.5 Å². The van der Waals surface area contributed by atoms with Crippen molar-refractivity contribution < 1.29 is 9.90 Å². The maximum absolute atomic E-state index is 12.3. The molecule has 2 aromatic heterocycles. The molecule has 0 spiro atoms. The Morgan fingerprint density at radius 3 is 2.75 bits per heavy atom. The highest BCUT2D eigenvalue weighted by Gasteiger charge is 2.16. The van der Waals surface area contributed by atoms with Gasteiger partial charge in [0.05, 0.1) is 24.7 Å². The molecule has 2 heterocycles. The first-order chi connectivity index (χ1) is 15.6. The molecule has 2 amide bonds. The first kappa shape index (κ1) is 21.0. The number of nitrogens with zero attached hydrogens (tertiary/aromatic N) is 3. The lowest BCUT2D eigenvalue weighted by molar-refractivity contribution is 0.225. The molecule has 0 saturated carbocycles. The zero-order valence-electron chi connectivity index (χ0n) is 16.7. The SMILES string of the molecule is [C-]#[N+]c1ccc2cccnc2c1-c1ccc([C@H](CO)NC(=O)Nc2csc(C#C)n2)cc1. The molecule has 0 bridgehead atoms. The molecule has 0 unspecified atom stereocenters. The van der Waals surface area contributed by atoms with E-state index in [0.29, 0.717) is 22.1 Å². The number of pyridine rings is 1. The Labute approximate surface area is 188 Å². The molecule has 0 aliphatic carbocycles. The molecule has 0 aliphatic heterocycles. The average Bonchev–Trinajstić information content (AvgIpc) is 3.29. The summed E-state index contributed by atoms with van der Waals surface area (Å²) in [5.74, 6) is 2.76. The van der Waals surface area contributed by atoms with Crippen molar-refractivity contribution in [1.29, 1.82) is 0 Å². The summed E-state index contributed by atoms with van der Waals surface area (Å²) in [6.07, 6.45) is 6.99. The average molecular weight is 440 g/mol. The quantitative estimate of drug-likeness (QED) is 0.309. The number of urea groups is 1. The van der Waals surface area contributed by atoms with E-state index in [-0.39, 0.29) is 6.61 Å². The molecule has 7 nitrogen and oxygen atoms in total. The molecule has 3 N–H and O–H groups in total. The molecule has 4 rings (SSSR count). The van der Waals surface area contributed by atoms with E-state index in [4.69, 9.17) is 13.0 Å². The predicted molar refractivity (Wildman–Crippen MR) is 125 cm³/mol. The summed E-state index contributed by atoms with van der Waals surface area (Å²) >= 11 is 1.25. The fraction of sp³-hybridized carbons (Fsp3) is 0.0833. The molecule has 156 valence electrons. The Hall–Kier alpha value is -4.24. The third-order valence-corrected chi connectivity index (χ3v) is 5.61. The second-order valence-electron chi connectivity index (χ2n) is 6.78. The van der Waals surface area contributed by atoms with E-state index in [1.165, 1.54) is 11.3 Å². The van der Waals surface area contributed by atoms with Crippen LogP contribution in [0.25, 0.3) is 26.9 Å². The number of carbonyl (C=O) groups excluding carboxylic acids is 1. The van der Waals surface area contributed by atoms with E-state index in [0.717, 1.165) is 22.0 Å². The molecule has 0 saturated heterocycles. The predicted octanol–water partition coefficient (Wildman–Crippen LogP) is 4.75. The number of fused-ring (bicyclic) bond motifs is 1. The van der Waals surface area contributed by atoms with Crippen LogP contribution >= 0.6 is 11.3 Å². The topological polar surface area (TPSA) is 91.5 Å².